The fourth-order valence-corrected chi connectivity index (χ4v) is 3.27. The highest BCUT2D eigenvalue weighted by atomic mass is 16.6. The number of unbranched alkanes of at least 4 members (excludes halogenated alkanes) is 2. The van der Waals surface area contributed by atoms with Gasteiger partial charge in [-0.05, 0) is 64.3 Å². The molecule has 2 atom stereocenters. The molecule has 0 saturated heterocycles. The van der Waals surface area contributed by atoms with Crippen LogP contribution in [0.2, 0.25) is 0 Å². The topological polar surface area (TPSA) is 128 Å². The van der Waals surface area contributed by atoms with Gasteiger partial charge in [-0.3, -0.25) is 9.59 Å². The third-order valence-corrected chi connectivity index (χ3v) is 4.90. The minimum absolute atomic E-state index is 0.0702. The zero-order chi connectivity index (χ0) is 25.2. The van der Waals surface area contributed by atoms with Gasteiger partial charge >= 0.3 is 6.09 Å². The second-order valence-corrected chi connectivity index (χ2v) is 9.07. The number of aryl methyl sites for hydroxylation is 1. The SMILES string of the molecule is CCCCCNC(=O)C(c1ccc(O)c(C)c1)N(CCO)C(=O)C(C)NC(=O)OC(C)(C)C. The van der Waals surface area contributed by atoms with Crippen LogP contribution in [0.1, 0.15) is 71.0 Å². The fraction of sp³-hybridized carbons (Fsp3) is 0.625. The van der Waals surface area contributed by atoms with Crippen molar-refractivity contribution < 1.29 is 29.3 Å². The summed E-state index contributed by atoms with van der Waals surface area (Å²) >= 11 is 0. The number of nitrogens with zero attached hydrogens (tertiary/aromatic N) is 1. The van der Waals surface area contributed by atoms with E-state index in [9.17, 15) is 24.6 Å². The summed E-state index contributed by atoms with van der Waals surface area (Å²) in [6, 6.07) is 2.62. The number of ether oxygens (including phenoxy) is 1. The standard InChI is InChI=1S/C24H39N3O6/c1-7-8-9-12-25-21(30)20(18-10-11-19(29)16(2)15-18)27(13-14-28)22(31)17(3)26-23(32)33-24(4,5)6/h10-11,15,17,20,28-29H,7-9,12-14H2,1-6H3,(H,25,30)(H,26,32). The zero-order valence-electron chi connectivity index (χ0n) is 20.6. The lowest BCUT2D eigenvalue weighted by atomic mass is 10.0. The summed E-state index contributed by atoms with van der Waals surface area (Å²) in [6.45, 7) is 10.3. The summed E-state index contributed by atoms with van der Waals surface area (Å²) in [7, 11) is 0. The molecule has 3 amide bonds. The number of rotatable bonds is 11. The molecule has 0 aliphatic carbocycles. The van der Waals surface area contributed by atoms with Crippen molar-refractivity contribution in [3.05, 3.63) is 29.3 Å². The third kappa shape index (κ3) is 9.29. The highest BCUT2D eigenvalue weighted by Crippen LogP contribution is 2.27. The number of carbonyl (C=O) groups is 3. The van der Waals surface area contributed by atoms with E-state index < -0.39 is 35.6 Å². The first-order valence-corrected chi connectivity index (χ1v) is 11.4. The molecule has 0 heterocycles. The molecule has 186 valence electrons. The molecule has 1 aromatic rings. The number of amides is 3. The number of carbonyl (C=O) groups excluding carboxylic acids is 3. The van der Waals surface area contributed by atoms with E-state index >= 15 is 0 Å². The maximum Gasteiger partial charge on any atom is 0.408 e. The van der Waals surface area contributed by atoms with E-state index in [1.165, 1.54) is 17.9 Å². The average Bonchev–Trinajstić information content (AvgIpc) is 2.71. The molecule has 0 aliphatic rings. The van der Waals surface area contributed by atoms with E-state index in [4.69, 9.17) is 4.74 Å². The first-order chi connectivity index (χ1) is 15.4. The van der Waals surface area contributed by atoms with Crippen LogP contribution in [0.4, 0.5) is 4.79 Å². The van der Waals surface area contributed by atoms with Crippen molar-refractivity contribution in [1.29, 1.82) is 0 Å². The van der Waals surface area contributed by atoms with Crippen molar-refractivity contribution in [1.82, 2.24) is 15.5 Å². The van der Waals surface area contributed by atoms with E-state index in [2.05, 4.69) is 17.6 Å². The van der Waals surface area contributed by atoms with Crippen molar-refractivity contribution >= 4 is 17.9 Å². The van der Waals surface area contributed by atoms with Gasteiger partial charge in [0.15, 0.2) is 0 Å². The molecular formula is C24H39N3O6. The second kappa shape index (κ2) is 13.0. The van der Waals surface area contributed by atoms with Gasteiger partial charge in [-0.1, -0.05) is 25.8 Å². The maximum atomic E-state index is 13.3. The Kier molecular flexibility index (Phi) is 11.1. The minimum Gasteiger partial charge on any atom is -0.508 e. The molecule has 1 aromatic carbocycles. The van der Waals surface area contributed by atoms with Gasteiger partial charge < -0.3 is 30.5 Å². The van der Waals surface area contributed by atoms with Crippen LogP contribution >= 0.6 is 0 Å². The van der Waals surface area contributed by atoms with Crippen molar-refractivity contribution in [2.45, 2.75) is 78.5 Å². The van der Waals surface area contributed by atoms with Gasteiger partial charge in [-0.25, -0.2) is 4.79 Å². The Balaban J connectivity index is 3.21. The molecule has 0 aliphatic heterocycles. The molecular weight excluding hydrogens is 426 g/mol. The molecule has 1 rings (SSSR count). The smallest absolute Gasteiger partial charge is 0.408 e. The maximum absolute atomic E-state index is 13.3. The third-order valence-electron chi connectivity index (χ3n) is 4.90. The summed E-state index contributed by atoms with van der Waals surface area (Å²) in [6.07, 6.45) is 2.00. The molecule has 0 bridgehead atoms. The molecule has 0 radical (unpaired) electrons. The molecule has 4 N–H and O–H groups in total. The first-order valence-electron chi connectivity index (χ1n) is 11.4. The number of benzene rings is 1. The quantitative estimate of drug-likeness (QED) is 0.372. The van der Waals surface area contributed by atoms with Crippen LogP contribution in [0.3, 0.4) is 0 Å². The predicted octanol–water partition coefficient (Wildman–Crippen LogP) is 2.78. The number of aliphatic hydroxyl groups is 1. The molecule has 33 heavy (non-hydrogen) atoms. The van der Waals surface area contributed by atoms with Crippen molar-refractivity contribution in [3.63, 3.8) is 0 Å². The summed E-state index contributed by atoms with van der Waals surface area (Å²) < 4.78 is 5.22. The number of aliphatic hydroxyl groups excluding tert-OH is 1. The van der Waals surface area contributed by atoms with Gasteiger partial charge in [0.25, 0.3) is 0 Å². The lowest BCUT2D eigenvalue weighted by Gasteiger charge is -2.33. The Labute approximate surface area is 196 Å². The van der Waals surface area contributed by atoms with Gasteiger partial charge in [-0.2, -0.15) is 0 Å². The van der Waals surface area contributed by atoms with Crippen molar-refractivity contribution in [2.24, 2.45) is 0 Å². The zero-order valence-corrected chi connectivity index (χ0v) is 20.6. The Morgan fingerprint density at radius 1 is 1.18 bits per heavy atom. The van der Waals surface area contributed by atoms with Gasteiger partial charge in [-0.15, -0.1) is 0 Å². The van der Waals surface area contributed by atoms with Crippen LogP contribution < -0.4 is 10.6 Å². The van der Waals surface area contributed by atoms with Crippen LogP contribution in [-0.4, -0.2) is 64.4 Å². The van der Waals surface area contributed by atoms with E-state index in [1.807, 2.05) is 0 Å². The largest absolute Gasteiger partial charge is 0.508 e. The Morgan fingerprint density at radius 3 is 2.39 bits per heavy atom. The number of phenolic OH excluding ortho intramolecular Hbond substituents is 1. The summed E-state index contributed by atoms with van der Waals surface area (Å²) in [5, 5.41) is 24.9. The summed E-state index contributed by atoms with van der Waals surface area (Å²) in [5.41, 5.74) is 0.305. The van der Waals surface area contributed by atoms with Crippen molar-refractivity contribution in [2.75, 3.05) is 19.7 Å². The summed E-state index contributed by atoms with van der Waals surface area (Å²) in [5.74, 6) is -0.877. The highest BCUT2D eigenvalue weighted by Gasteiger charge is 2.34. The van der Waals surface area contributed by atoms with E-state index in [0.717, 1.165) is 19.3 Å². The van der Waals surface area contributed by atoms with Crippen LogP contribution in [0.5, 0.6) is 5.75 Å². The van der Waals surface area contributed by atoms with Gasteiger partial charge in [0.2, 0.25) is 11.8 Å². The predicted molar refractivity (Wildman–Crippen MR) is 126 cm³/mol. The fourth-order valence-electron chi connectivity index (χ4n) is 3.27. The van der Waals surface area contributed by atoms with Crippen LogP contribution in [-0.2, 0) is 14.3 Å². The number of hydrogen-bond acceptors (Lipinski definition) is 6. The lowest BCUT2D eigenvalue weighted by Crippen LogP contribution is -2.52. The highest BCUT2D eigenvalue weighted by molar-refractivity contribution is 5.92. The number of aromatic hydroxyl groups is 1. The average molecular weight is 466 g/mol. The normalized spacial score (nSPS) is 13.1. The van der Waals surface area contributed by atoms with Gasteiger partial charge in [0.05, 0.1) is 6.61 Å². The Morgan fingerprint density at radius 2 is 1.85 bits per heavy atom. The van der Waals surface area contributed by atoms with Crippen LogP contribution in [0, 0.1) is 6.92 Å². The molecule has 0 spiro atoms. The lowest BCUT2D eigenvalue weighted by molar-refractivity contribution is -0.142. The van der Waals surface area contributed by atoms with Crippen LogP contribution in [0.25, 0.3) is 0 Å². The molecule has 0 saturated carbocycles. The molecule has 0 fully saturated rings. The van der Waals surface area contributed by atoms with Crippen LogP contribution in [0.15, 0.2) is 18.2 Å². The Bertz CT molecular complexity index is 806. The second-order valence-electron chi connectivity index (χ2n) is 9.07. The van der Waals surface area contributed by atoms with E-state index in [0.29, 0.717) is 17.7 Å². The molecule has 2 unspecified atom stereocenters. The minimum atomic E-state index is -1.05. The van der Waals surface area contributed by atoms with E-state index in [1.54, 1.807) is 39.8 Å². The summed E-state index contributed by atoms with van der Waals surface area (Å²) in [4.78, 5) is 39.9. The molecule has 0 aromatic heterocycles. The van der Waals surface area contributed by atoms with Crippen molar-refractivity contribution in [3.8, 4) is 5.75 Å². The number of hydrogen-bond donors (Lipinski definition) is 4. The first kappa shape index (κ1) is 28.2. The molecule has 9 heteroatoms. The van der Waals surface area contributed by atoms with Gasteiger partial charge in [0.1, 0.15) is 23.4 Å². The molecule has 9 nitrogen and oxygen atoms in total. The number of alkyl carbamates (subject to hydrolysis) is 1. The van der Waals surface area contributed by atoms with Gasteiger partial charge in [0, 0.05) is 13.1 Å². The number of nitrogens with one attached hydrogen (secondary N) is 2. The number of phenols is 1. The monoisotopic (exact) mass is 465 g/mol. The van der Waals surface area contributed by atoms with E-state index in [-0.39, 0.29) is 18.9 Å². The Hall–Kier alpha value is -2.81.